The fourth-order valence-corrected chi connectivity index (χ4v) is 1.51. The lowest BCUT2D eigenvalue weighted by molar-refractivity contribution is -0.128. The summed E-state index contributed by atoms with van der Waals surface area (Å²) in [5.41, 5.74) is 0. The third-order valence-corrected chi connectivity index (χ3v) is 2.34. The van der Waals surface area contributed by atoms with E-state index in [1.165, 1.54) is 7.11 Å². The highest BCUT2D eigenvalue weighted by Crippen LogP contribution is 2.19. The van der Waals surface area contributed by atoms with Crippen molar-refractivity contribution < 1.29 is 29.3 Å². The highest BCUT2D eigenvalue weighted by atomic mass is 16.6. The van der Waals surface area contributed by atoms with Crippen molar-refractivity contribution >= 4 is 12.3 Å². The molecule has 1 aliphatic rings. The minimum atomic E-state index is -1.23. The number of aliphatic hydroxyl groups is 2. The Labute approximate surface area is 97.9 Å². The molecule has 4 atom stereocenters. The van der Waals surface area contributed by atoms with E-state index in [9.17, 15) is 19.8 Å². The molecule has 0 bridgehead atoms. The summed E-state index contributed by atoms with van der Waals surface area (Å²) < 4.78 is 10.00. The van der Waals surface area contributed by atoms with E-state index in [2.05, 4.69) is 10.6 Å². The van der Waals surface area contributed by atoms with Crippen LogP contribution in [-0.2, 0) is 19.1 Å². The van der Waals surface area contributed by atoms with Crippen molar-refractivity contribution in [3.05, 3.63) is 0 Å². The summed E-state index contributed by atoms with van der Waals surface area (Å²) >= 11 is 0. The number of ether oxygens (including phenoxy) is 2. The minimum absolute atomic E-state index is 0.108. The molecular weight excluding hydrogens is 232 g/mol. The van der Waals surface area contributed by atoms with Gasteiger partial charge in [-0.3, -0.25) is 9.59 Å². The molecule has 0 spiro atoms. The van der Waals surface area contributed by atoms with Gasteiger partial charge in [-0.15, -0.1) is 0 Å². The van der Waals surface area contributed by atoms with Gasteiger partial charge >= 0.3 is 0 Å². The largest absolute Gasteiger partial charge is 0.387 e. The second-order valence-corrected chi connectivity index (χ2v) is 3.60. The van der Waals surface area contributed by atoms with Gasteiger partial charge < -0.3 is 30.3 Å². The Morgan fingerprint density at radius 3 is 2.76 bits per heavy atom. The van der Waals surface area contributed by atoms with Crippen molar-refractivity contribution in [3.63, 3.8) is 0 Å². The monoisotopic (exact) mass is 248 g/mol. The van der Waals surface area contributed by atoms with Crippen LogP contribution in [0, 0.1) is 0 Å². The molecule has 0 aromatic rings. The Kier molecular flexibility index (Phi) is 5.29. The van der Waals surface area contributed by atoms with Gasteiger partial charge in [0.2, 0.25) is 12.3 Å². The van der Waals surface area contributed by atoms with E-state index in [-0.39, 0.29) is 13.2 Å². The van der Waals surface area contributed by atoms with E-state index >= 15 is 0 Å². The molecule has 0 radical (unpaired) electrons. The van der Waals surface area contributed by atoms with Gasteiger partial charge in [-0.2, -0.15) is 0 Å². The zero-order chi connectivity index (χ0) is 12.8. The number of nitrogens with one attached hydrogen (secondary N) is 2. The number of rotatable bonds is 6. The number of carbonyl (C=O) groups is 2. The Bertz CT molecular complexity index is 274. The summed E-state index contributed by atoms with van der Waals surface area (Å²) in [6.07, 6.45) is -3.67. The summed E-state index contributed by atoms with van der Waals surface area (Å²) in [5, 5.41) is 23.7. The third-order valence-electron chi connectivity index (χ3n) is 2.34. The molecule has 0 aliphatic carbocycles. The molecule has 1 saturated heterocycles. The van der Waals surface area contributed by atoms with E-state index in [0.29, 0.717) is 6.41 Å². The standard InChI is InChI=1S/C9H16N2O6/c1-16-3-5-7(14)8(15)9(17-5)11-6(13)2-10-4-12/h4-5,7-9,14-15H,2-3H2,1H3,(H,10,12)(H,11,13)/t5-,7?,8+,9-/m1/s1. The molecular formula is C9H16N2O6. The van der Waals surface area contributed by atoms with Crippen LogP contribution in [0.25, 0.3) is 0 Å². The van der Waals surface area contributed by atoms with Crippen LogP contribution in [0.15, 0.2) is 0 Å². The number of methoxy groups -OCH3 is 1. The molecule has 1 unspecified atom stereocenters. The van der Waals surface area contributed by atoms with Gasteiger partial charge in [0.15, 0.2) is 6.23 Å². The lowest BCUT2D eigenvalue weighted by Crippen LogP contribution is -2.46. The fraction of sp³-hybridized carbons (Fsp3) is 0.778. The van der Waals surface area contributed by atoms with E-state index in [4.69, 9.17) is 9.47 Å². The summed E-state index contributed by atoms with van der Waals surface area (Å²) in [4.78, 5) is 21.2. The van der Waals surface area contributed by atoms with Crippen molar-refractivity contribution in [2.45, 2.75) is 24.5 Å². The molecule has 17 heavy (non-hydrogen) atoms. The molecule has 98 valence electrons. The quantitative estimate of drug-likeness (QED) is 0.371. The average Bonchev–Trinajstić information content (AvgIpc) is 2.56. The normalized spacial score (nSPS) is 32.2. The molecule has 1 aliphatic heterocycles. The van der Waals surface area contributed by atoms with Crippen molar-refractivity contribution in [2.24, 2.45) is 0 Å². The Morgan fingerprint density at radius 2 is 2.18 bits per heavy atom. The molecule has 8 nitrogen and oxygen atoms in total. The van der Waals surface area contributed by atoms with Crippen LogP contribution in [0.5, 0.6) is 0 Å². The molecule has 0 aromatic carbocycles. The van der Waals surface area contributed by atoms with Crippen LogP contribution in [0.4, 0.5) is 0 Å². The molecule has 8 heteroatoms. The first-order valence-electron chi connectivity index (χ1n) is 5.07. The van der Waals surface area contributed by atoms with Gasteiger partial charge in [0.05, 0.1) is 13.2 Å². The molecule has 2 amide bonds. The first-order chi connectivity index (χ1) is 8.10. The molecule has 1 fully saturated rings. The predicted octanol–water partition coefficient (Wildman–Crippen LogP) is -3.06. The minimum Gasteiger partial charge on any atom is -0.387 e. The Morgan fingerprint density at radius 1 is 1.47 bits per heavy atom. The van der Waals surface area contributed by atoms with Crippen molar-refractivity contribution in [2.75, 3.05) is 20.3 Å². The van der Waals surface area contributed by atoms with Gasteiger partial charge in [-0.05, 0) is 0 Å². The molecule has 0 saturated carbocycles. The van der Waals surface area contributed by atoms with Gasteiger partial charge in [0.25, 0.3) is 0 Å². The van der Waals surface area contributed by atoms with Gasteiger partial charge in [-0.25, -0.2) is 0 Å². The van der Waals surface area contributed by atoms with E-state index in [0.717, 1.165) is 0 Å². The first-order valence-corrected chi connectivity index (χ1v) is 5.07. The molecule has 1 heterocycles. The SMILES string of the molecule is COC[C@H]1O[C@@H](NC(=O)CNC=O)[C@@H](O)C1O. The summed E-state index contributed by atoms with van der Waals surface area (Å²) in [7, 11) is 1.43. The van der Waals surface area contributed by atoms with Crippen molar-refractivity contribution in [1.29, 1.82) is 0 Å². The van der Waals surface area contributed by atoms with Crippen molar-refractivity contribution in [3.8, 4) is 0 Å². The second-order valence-electron chi connectivity index (χ2n) is 3.60. The summed E-state index contributed by atoms with van der Waals surface area (Å²) in [5.74, 6) is -0.522. The maximum atomic E-state index is 11.2. The van der Waals surface area contributed by atoms with Crippen molar-refractivity contribution in [1.82, 2.24) is 10.6 Å². The zero-order valence-electron chi connectivity index (χ0n) is 9.33. The summed E-state index contributed by atoms with van der Waals surface area (Å²) in [6, 6.07) is 0. The number of aliphatic hydroxyl groups excluding tert-OH is 2. The Hall–Kier alpha value is -1.22. The van der Waals surface area contributed by atoms with E-state index < -0.39 is 30.4 Å². The number of hydrogen-bond donors (Lipinski definition) is 4. The van der Waals surface area contributed by atoms with Crippen LogP contribution in [-0.4, -0.2) is 67.3 Å². The summed E-state index contributed by atoms with van der Waals surface area (Å²) in [6.45, 7) is -0.113. The smallest absolute Gasteiger partial charge is 0.241 e. The van der Waals surface area contributed by atoms with Gasteiger partial charge in [0, 0.05) is 7.11 Å². The van der Waals surface area contributed by atoms with E-state index in [1.807, 2.05) is 0 Å². The second kappa shape index (κ2) is 6.50. The van der Waals surface area contributed by atoms with Gasteiger partial charge in [-0.1, -0.05) is 0 Å². The number of carbonyl (C=O) groups excluding carboxylic acids is 2. The highest BCUT2D eigenvalue weighted by molar-refractivity contribution is 5.80. The molecule has 0 aromatic heterocycles. The van der Waals surface area contributed by atoms with Crippen LogP contribution >= 0.6 is 0 Å². The molecule has 1 rings (SSSR count). The van der Waals surface area contributed by atoms with Crippen LogP contribution in [0.2, 0.25) is 0 Å². The van der Waals surface area contributed by atoms with Crippen LogP contribution in [0.1, 0.15) is 0 Å². The topological polar surface area (TPSA) is 117 Å². The maximum Gasteiger partial charge on any atom is 0.241 e. The van der Waals surface area contributed by atoms with Gasteiger partial charge in [0.1, 0.15) is 18.3 Å². The predicted molar refractivity (Wildman–Crippen MR) is 54.8 cm³/mol. The zero-order valence-corrected chi connectivity index (χ0v) is 9.33. The first kappa shape index (κ1) is 13.8. The Balaban J connectivity index is 2.44. The lowest BCUT2D eigenvalue weighted by Gasteiger charge is -2.16. The average molecular weight is 248 g/mol. The van der Waals surface area contributed by atoms with Crippen LogP contribution < -0.4 is 10.6 Å². The van der Waals surface area contributed by atoms with Crippen LogP contribution in [0.3, 0.4) is 0 Å². The number of hydrogen-bond acceptors (Lipinski definition) is 6. The lowest BCUT2D eigenvalue weighted by atomic mass is 10.1. The third kappa shape index (κ3) is 3.63. The van der Waals surface area contributed by atoms with E-state index in [1.54, 1.807) is 0 Å². The maximum absolute atomic E-state index is 11.2. The highest BCUT2D eigenvalue weighted by Gasteiger charge is 2.43. The number of amides is 2. The fourth-order valence-electron chi connectivity index (χ4n) is 1.51. The molecule has 4 N–H and O–H groups in total.